The summed E-state index contributed by atoms with van der Waals surface area (Å²) >= 11 is 0. The highest BCUT2D eigenvalue weighted by Crippen LogP contribution is 2.27. The normalized spacial score (nSPS) is 23.8. The largest absolute Gasteiger partial charge is 0.372 e. The van der Waals surface area contributed by atoms with Gasteiger partial charge in [0.05, 0.1) is 28.9 Å². The van der Waals surface area contributed by atoms with Gasteiger partial charge >= 0.3 is 0 Å². The van der Waals surface area contributed by atoms with Crippen LogP contribution in [0.5, 0.6) is 0 Å². The first-order valence-corrected chi connectivity index (χ1v) is 11.7. The van der Waals surface area contributed by atoms with Gasteiger partial charge < -0.3 is 15.0 Å². The number of halogens is 1. The second-order valence-corrected chi connectivity index (χ2v) is 10.3. The molecule has 1 aromatic rings. The number of amides is 1. The maximum Gasteiger partial charge on any atom is 0.225 e. The Labute approximate surface area is 166 Å². The van der Waals surface area contributed by atoms with Crippen LogP contribution in [0, 0.1) is 5.82 Å². The minimum absolute atomic E-state index is 0.0179. The topological polar surface area (TPSA) is 75.7 Å². The minimum Gasteiger partial charge on any atom is -0.372 e. The van der Waals surface area contributed by atoms with Crippen LogP contribution in [-0.2, 0) is 19.4 Å². The fourth-order valence-corrected chi connectivity index (χ4v) is 5.94. The molecule has 1 aliphatic heterocycles. The van der Waals surface area contributed by atoms with Crippen LogP contribution in [-0.4, -0.2) is 50.6 Å². The Kier molecular flexibility index (Phi) is 6.60. The van der Waals surface area contributed by atoms with Gasteiger partial charge in [0.2, 0.25) is 5.91 Å². The highest BCUT2D eigenvalue weighted by Gasteiger charge is 2.29. The van der Waals surface area contributed by atoms with Gasteiger partial charge in [-0.15, -0.1) is 0 Å². The standard InChI is InChI=1S/C20H29FN2O4S/c1-14-12-23(13-15(2)27-14)19-8-7-16(11-18(19)21)22-20(24)9-10-28(25,26)17-5-3-4-6-17/h7-8,11,14-15,17H,3-6,9-10,12-13H2,1-2H3,(H,22,24)/t14-,15-/m0/s1. The quantitative estimate of drug-likeness (QED) is 0.777. The molecule has 0 unspecified atom stereocenters. The second-order valence-electron chi connectivity index (χ2n) is 7.90. The van der Waals surface area contributed by atoms with Gasteiger partial charge in [-0.2, -0.15) is 0 Å². The van der Waals surface area contributed by atoms with Crippen molar-refractivity contribution in [2.75, 3.05) is 29.1 Å². The van der Waals surface area contributed by atoms with Crippen molar-refractivity contribution in [1.29, 1.82) is 0 Å². The van der Waals surface area contributed by atoms with E-state index in [-0.39, 0.29) is 29.6 Å². The SMILES string of the molecule is C[C@H]1CN(c2ccc(NC(=O)CCS(=O)(=O)C3CCCC3)cc2F)C[C@H](C)O1. The number of carbonyl (C=O) groups excluding carboxylic acids is 1. The molecule has 1 N–H and O–H groups in total. The summed E-state index contributed by atoms with van der Waals surface area (Å²) in [6, 6.07) is 4.57. The van der Waals surface area contributed by atoms with Crippen molar-refractivity contribution in [2.24, 2.45) is 0 Å². The number of nitrogens with one attached hydrogen (secondary N) is 1. The summed E-state index contributed by atoms with van der Waals surface area (Å²) < 4.78 is 44.8. The lowest BCUT2D eigenvalue weighted by Crippen LogP contribution is -2.45. The zero-order valence-electron chi connectivity index (χ0n) is 16.5. The van der Waals surface area contributed by atoms with Crippen LogP contribution in [0.25, 0.3) is 0 Å². The van der Waals surface area contributed by atoms with Crippen LogP contribution in [0.3, 0.4) is 0 Å². The van der Waals surface area contributed by atoms with Crippen molar-refractivity contribution >= 4 is 27.1 Å². The molecule has 1 saturated heterocycles. The van der Waals surface area contributed by atoms with Crippen LogP contribution >= 0.6 is 0 Å². The number of sulfone groups is 1. The molecule has 0 radical (unpaired) electrons. The van der Waals surface area contributed by atoms with Crippen molar-refractivity contribution in [2.45, 2.75) is 63.4 Å². The van der Waals surface area contributed by atoms with Gasteiger partial charge in [0.25, 0.3) is 0 Å². The Hall–Kier alpha value is -1.67. The van der Waals surface area contributed by atoms with Crippen molar-refractivity contribution in [3.05, 3.63) is 24.0 Å². The molecule has 1 saturated carbocycles. The van der Waals surface area contributed by atoms with Gasteiger partial charge in [0, 0.05) is 25.2 Å². The third-order valence-electron chi connectivity index (χ3n) is 5.42. The summed E-state index contributed by atoms with van der Waals surface area (Å²) in [4.78, 5) is 14.1. The smallest absolute Gasteiger partial charge is 0.225 e. The van der Waals surface area contributed by atoms with Crippen molar-refractivity contribution in [1.82, 2.24) is 0 Å². The molecule has 0 bridgehead atoms. The molecular formula is C20H29FN2O4S. The predicted molar refractivity (Wildman–Crippen MR) is 108 cm³/mol. The first kappa shape index (κ1) is 21.0. The monoisotopic (exact) mass is 412 g/mol. The van der Waals surface area contributed by atoms with E-state index in [0.717, 1.165) is 12.8 Å². The van der Waals surface area contributed by atoms with E-state index in [4.69, 9.17) is 4.74 Å². The molecule has 1 aromatic carbocycles. The fourth-order valence-electron chi connectivity index (χ4n) is 4.09. The molecule has 8 heteroatoms. The van der Waals surface area contributed by atoms with Crippen LogP contribution in [0.15, 0.2) is 18.2 Å². The van der Waals surface area contributed by atoms with E-state index in [1.54, 1.807) is 12.1 Å². The van der Waals surface area contributed by atoms with E-state index in [0.29, 0.717) is 37.3 Å². The van der Waals surface area contributed by atoms with E-state index < -0.39 is 21.6 Å². The number of ether oxygens (including phenoxy) is 1. The molecule has 0 spiro atoms. The summed E-state index contributed by atoms with van der Waals surface area (Å²) in [6.07, 6.45) is 3.17. The van der Waals surface area contributed by atoms with Gasteiger partial charge in [-0.1, -0.05) is 12.8 Å². The number of hydrogen-bond acceptors (Lipinski definition) is 5. The summed E-state index contributed by atoms with van der Waals surface area (Å²) in [5.74, 6) is -0.992. The molecule has 2 atom stereocenters. The van der Waals surface area contributed by atoms with Crippen molar-refractivity contribution in [3.63, 3.8) is 0 Å². The number of anilines is 2. The molecule has 1 amide bonds. The van der Waals surface area contributed by atoms with Gasteiger partial charge in [-0.25, -0.2) is 12.8 Å². The third-order valence-corrected chi connectivity index (χ3v) is 7.68. The fraction of sp³-hybridized carbons (Fsp3) is 0.650. The predicted octanol–water partition coefficient (Wildman–Crippen LogP) is 3.13. The Bertz CT molecular complexity index is 798. The van der Waals surface area contributed by atoms with Gasteiger partial charge in [0.1, 0.15) is 5.82 Å². The van der Waals surface area contributed by atoms with E-state index in [9.17, 15) is 17.6 Å². The number of benzene rings is 1. The van der Waals surface area contributed by atoms with Crippen molar-refractivity contribution < 1.29 is 22.3 Å². The maximum absolute atomic E-state index is 14.6. The van der Waals surface area contributed by atoms with Gasteiger partial charge in [0.15, 0.2) is 9.84 Å². The molecule has 2 fully saturated rings. The summed E-state index contributed by atoms with van der Waals surface area (Å²) in [7, 11) is -3.24. The van der Waals surface area contributed by atoms with E-state index in [1.165, 1.54) is 6.07 Å². The Balaban J connectivity index is 1.57. The summed E-state index contributed by atoms with van der Waals surface area (Å²) in [5.41, 5.74) is 0.808. The minimum atomic E-state index is -3.24. The van der Waals surface area contributed by atoms with E-state index >= 15 is 0 Å². The molecule has 0 aromatic heterocycles. The number of rotatable bonds is 6. The number of carbonyl (C=O) groups is 1. The average molecular weight is 413 g/mol. The zero-order valence-corrected chi connectivity index (χ0v) is 17.3. The molecule has 1 heterocycles. The molecule has 1 aliphatic carbocycles. The number of hydrogen-bond donors (Lipinski definition) is 1. The average Bonchev–Trinajstić information content (AvgIpc) is 3.15. The third kappa shape index (κ3) is 5.23. The zero-order chi connectivity index (χ0) is 20.3. The first-order valence-electron chi connectivity index (χ1n) is 9.96. The lowest BCUT2D eigenvalue weighted by atomic mass is 10.2. The van der Waals surface area contributed by atoms with Crippen molar-refractivity contribution in [3.8, 4) is 0 Å². The molecular weight excluding hydrogens is 383 g/mol. The Morgan fingerprint density at radius 2 is 1.86 bits per heavy atom. The Morgan fingerprint density at radius 1 is 1.21 bits per heavy atom. The van der Waals surface area contributed by atoms with Crippen LogP contribution in [0.2, 0.25) is 0 Å². The molecule has 2 aliphatic rings. The lowest BCUT2D eigenvalue weighted by Gasteiger charge is -2.37. The molecule has 28 heavy (non-hydrogen) atoms. The van der Waals surface area contributed by atoms with Crippen LogP contribution in [0.1, 0.15) is 46.0 Å². The highest BCUT2D eigenvalue weighted by molar-refractivity contribution is 7.92. The van der Waals surface area contributed by atoms with Gasteiger partial charge in [-0.3, -0.25) is 4.79 Å². The lowest BCUT2D eigenvalue weighted by molar-refractivity contribution is -0.115. The van der Waals surface area contributed by atoms with Gasteiger partial charge in [-0.05, 0) is 44.9 Å². The number of nitrogens with zero attached hydrogens (tertiary/aromatic N) is 1. The summed E-state index contributed by atoms with van der Waals surface area (Å²) in [5, 5.41) is 2.30. The maximum atomic E-state index is 14.6. The highest BCUT2D eigenvalue weighted by atomic mass is 32.2. The van der Waals surface area contributed by atoms with E-state index in [2.05, 4.69) is 5.32 Å². The molecule has 6 nitrogen and oxygen atoms in total. The van der Waals surface area contributed by atoms with Crippen LogP contribution in [0.4, 0.5) is 15.8 Å². The summed E-state index contributed by atoms with van der Waals surface area (Å²) in [6.45, 7) is 5.11. The Morgan fingerprint density at radius 3 is 2.46 bits per heavy atom. The van der Waals surface area contributed by atoms with E-state index in [1.807, 2.05) is 18.7 Å². The number of morpholine rings is 1. The second kappa shape index (κ2) is 8.78. The first-order chi connectivity index (χ1) is 13.2. The molecule has 3 rings (SSSR count). The molecule has 156 valence electrons. The van der Waals surface area contributed by atoms with Crippen LogP contribution < -0.4 is 10.2 Å².